The maximum Gasteiger partial charge on any atom is 0.0404 e. The average molecular weight is 211 g/mol. The monoisotopic (exact) mass is 210 g/mol. The van der Waals surface area contributed by atoms with Gasteiger partial charge in [0, 0.05) is 31.4 Å². The van der Waals surface area contributed by atoms with E-state index in [0.717, 1.165) is 13.1 Å². The van der Waals surface area contributed by atoms with Gasteiger partial charge in [-0.1, -0.05) is 12.2 Å². The van der Waals surface area contributed by atoms with Gasteiger partial charge in [-0.05, 0) is 24.7 Å². The van der Waals surface area contributed by atoms with Crippen LogP contribution in [0.2, 0.25) is 0 Å². The van der Waals surface area contributed by atoms with Crippen LogP contribution >= 0.6 is 11.6 Å². The van der Waals surface area contributed by atoms with Crippen LogP contribution in [-0.4, -0.2) is 29.4 Å². The highest BCUT2D eigenvalue weighted by Gasteiger charge is 1.96. The van der Waals surface area contributed by atoms with Gasteiger partial charge in [0.1, 0.15) is 0 Å². The number of hydrogen-bond donors (Lipinski definition) is 0. The minimum atomic E-state index is 0.586. The van der Waals surface area contributed by atoms with E-state index in [0.29, 0.717) is 5.88 Å². The normalized spacial score (nSPS) is 11.4. The largest absolute Gasteiger partial charge is 0.298 e. The molecule has 0 atom stereocenters. The number of aromatic nitrogens is 1. The van der Waals surface area contributed by atoms with E-state index in [1.807, 2.05) is 30.6 Å². The van der Waals surface area contributed by atoms with Crippen molar-refractivity contribution in [2.75, 3.05) is 19.5 Å². The number of rotatable bonds is 5. The van der Waals surface area contributed by atoms with Gasteiger partial charge in [-0.2, -0.15) is 0 Å². The molecule has 0 aliphatic rings. The number of alkyl halides is 1. The summed E-state index contributed by atoms with van der Waals surface area (Å²) in [6.07, 6.45) is 7.67. The van der Waals surface area contributed by atoms with Crippen LogP contribution in [0.4, 0.5) is 0 Å². The third kappa shape index (κ3) is 4.40. The Bertz CT molecular complexity index is 272. The summed E-state index contributed by atoms with van der Waals surface area (Å²) in [5, 5.41) is 0. The Morgan fingerprint density at radius 3 is 2.71 bits per heavy atom. The zero-order chi connectivity index (χ0) is 10.2. The summed E-state index contributed by atoms with van der Waals surface area (Å²) in [5.41, 5.74) is 1.28. The van der Waals surface area contributed by atoms with Crippen LogP contribution in [0.1, 0.15) is 5.56 Å². The third-order valence-corrected chi connectivity index (χ3v) is 2.05. The van der Waals surface area contributed by atoms with Gasteiger partial charge in [-0.25, -0.2) is 0 Å². The van der Waals surface area contributed by atoms with E-state index < -0.39 is 0 Å². The molecule has 1 aromatic heterocycles. The molecule has 0 unspecified atom stereocenters. The van der Waals surface area contributed by atoms with E-state index in [2.05, 4.69) is 23.0 Å². The molecule has 0 radical (unpaired) electrons. The second-order valence-corrected chi connectivity index (χ2v) is 3.49. The SMILES string of the molecule is CN(CC=CCCl)Cc1ccncc1. The Morgan fingerprint density at radius 1 is 1.36 bits per heavy atom. The molecule has 0 spiro atoms. The highest BCUT2D eigenvalue weighted by atomic mass is 35.5. The van der Waals surface area contributed by atoms with Crippen molar-refractivity contribution in [3.8, 4) is 0 Å². The predicted molar refractivity (Wildman–Crippen MR) is 60.4 cm³/mol. The van der Waals surface area contributed by atoms with Gasteiger partial charge in [-0.3, -0.25) is 9.88 Å². The van der Waals surface area contributed by atoms with E-state index in [4.69, 9.17) is 11.6 Å². The van der Waals surface area contributed by atoms with Crippen molar-refractivity contribution in [2.45, 2.75) is 6.54 Å². The van der Waals surface area contributed by atoms with Crippen molar-refractivity contribution in [1.82, 2.24) is 9.88 Å². The lowest BCUT2D eigenvalue weighted by Crippen LogP contribution is -2.17. The van der Waals surface area contributed by atoms with E-state index >= 15 is 0 Å². The molecule has 2 nitrogen and oxygen atoms in total. The second kappa shape index (κ2) is 6.57. The molecule has 0 aliphatic carbocycles. The first-order valence-corrected chi connectivity index (χ1v) is 5.15. The van der Waals surface area contributed by atoms with E-state index in [1.54, 1.807) is 0 Å². The van der Waals surface area contributed by atoms with E-state index in [9.17, 15) is 0 Å². The Hall–Kier alpha value is -0.860. The van der Waals surface area contributed by atoms with Crippen molar-refractivity contribution >= 4 is 11.6 Å². The summed E-state index contributed by atoms with van der Waals surface area (Å²) in [5.74, 6) is 0.586. The molecule has 1 rings (SSSR count). The molecule has 14 heavy (non-hydrogen) atoms. The Kier molecular flexibility index (Phi) is 5.27. The van der Waals surface area contributed by atoms with E-state index in [1.165, 1.54) is 5.56 Å². The summed E-state index contributed by atoms with van der Waals surface area (Å²) in [7, 11) is 2.08. The molecule has 1 aromatic rings. The van der Waals surface area contributed by atoms with E-state index in [-0.39, 0.29) is 0 Å². The Labute approximate surface area is 90.2 Å². The fourth-order valence-electron chi connectivity index (χ4n) is 1.18. The molecule has 0 saturated carbocycles. The Balaban J connectivity index is 2.34. The highest BCUT2D eigenvalue weighted by molar-refractivity contribution is 6.18. The molecule has 0 saturated heterocycles. The zero-order valence-corrected chi connectivity index (χ0v) is 9.11. The standard InChI is InChI=1S/C11H15ClN2/c1-14(9-3-2-6-12)10-11-4-7-13-8-5-11/h2-5,7-8H,6,9-10H2,1H3. The molecule has 0 aromatic carbocycles. The summed E-state index contributed by atoms with van der Waals surface area (Å²) >= 11 is 5.53. The number of hydrogen-bond acceptors (Lipinski definition) is 2. The summed E-state index contributed by atoms with van der Waals surface area (Å²) < 4.78 is 0. The summed E-state index contributed by atoms with van der Waals surface area (Å²) in [6, 6.07) is 4.06. The molecular weight excluding hydrogens is 196 g/mol. The van der Waals surface area contributed by atoms with Crippen molar-refractivity contribution in [3.05, 3.63) is 42.2 Å². The van der Waals surface area contributed by atoms with Gasteiger partial charge in [0.15, 0.2) is 0 Å². The van der Waals surface area contributed by atoms with Crippen LogP contribution in [0.5, 0.6) is 0 Å². The third-order valence-electron chi connectivity index (χ3n) is 1.87. The predicted octanol–water partition coefficient (Wildman–Crippen LogP) is 2.31. The lowest BCUT2D eigenvalue weighted by atomic mass is 10.2. The van der Waals surface area contributed by atoms with Crippen molar-refractivity contribution in [3.63, 3.8) is 0 Å². The van der Waals surface area contributed by atoms with Crippen LogP contribution in [0, 0.1) is 0 Å². The maximum atomic E-state index is 5.53. The van der Waals surface area contributed by atoms with Crippen molar-refractivity contribution in [1.29, 1.82) is 0 Å². The average Bonchev–Trinajstić information content (AvgIpc) is 2.20. The first-order valence-electron chi connectivity index (χ1n) is 4.61. The number of halogens is 1. The van der Waals surface area contributed by atoms with Gasteiger partial charge >= 0.3 is 0 Å². The number of likely N-dealkylation sites (N-methyl/N-ethyl adjacent to an activating group) is 1. The fraction of sp³-hybridized carbons (Fsp3) is 0.364. The molecular formula is C11H15ClN2. The minimum Gasteiger partial charge on any atom is -0.298 e. The van der Waals surface area contributed by atoms with Gasteiger partial charge in [-0.15, -0.1) is 11.6 Å². The second-order valence-electron chi connectivity index (χ2n) is 3.18. The van der Waals surface area contributed by atoms with Crippen molar-refractivity contribution in [2.24, 2.45) is 0 Å². The molecule has 0 fully saturated rings. The van der Waals surface area contributed by atoms with Gasteiger partial charge in [0.05, 0.1) is 0 Å². The lowest BCUT2D eigenvalue weighted by molar-refractivity contribution is 0.363. The molecule has 0 aliphatic heterocycles. The van der Waals surface area contributed by atoms with Gasteiger partial charge in [0.25, 0.3) is 0 Å². The maximum absolute atomic E-state index is 5.53. The number of pyridine rings is 1. The quantitative estimate of drug-likeness (QED) is 0.548. The molecule has 3 heteroatoms. The topological polar surface area (TPSA) is 16.1 Å². The molecule has 1 heterocycles. The van der Waals surface area contributed by atoms with Crippen LogP contribution in [0.3, 0.4) is 0 Å². The molecule has 0 amide bonds. The van der Waals surface area contributed by atoms with Crippen LogP contribution in [0.15, 0.2) is 36.7 Å². The van der Waals surface area contributed by atoms with Gasteiger partial charge in [0.2, 0.25) is 0 Å². The fourth-order valence-corrected chi connectivity index (χ4v) is 1.31. The molecule has 76 valence electrons. The summed E-state index contributed by atoms with van der Waals surface area (Å²) in [4.78, 5) is 6.20. The first-order chi connectivity index (χ1) is 6.83. The van der Waals surface area contributed by atoms with Crippen molar-refractivity contribution < 1.29 is 0 Å². The number of nitrogens with zero attached hydrogens (tertiary/aromatic N) is 2. The minimum absolute atomic E-state index is 0.586. The molecule has 0 N–H and O–H groups in total. The Morgan fingerprint density at radius 2 is 2.07 bits per heavy atom. The smallest absolute Gasteiger partial charge is 0.0404 e. The number of allylic oxidation sites excluding steroid dienone is 1. The van der Waals surface area contributed by atoms with Crippen LogP contribution < -0.4 is 0 Å². The highest BCUT2D eigenvalue weighted by Crippen LogP contribution is 2.00. The van der Waals surface area contributed by atoms with Crippen LogP contribution in [-0.2, 0) is 6.54 Å². The first kappa shape index (κ1) is 11.2. The molecule has 0 bridgehead atoms. The lowest BCUT2D eigenvalue weighted by Gasteiger charge is -2.13. The van der Waals surface area contributed by atoms with Crippen LogP contribution in [0.25, 0.3) is 0 Å². The zero-order valence-electron chi connectivity index (χ0n) is 8.36. The van der Waals surface area contributed by atoms with Gasteiger partial charge < -0.3 is 0 Å². The summed E-state index contributed by atoms with van der Waals surface area (Å²) in [6.45, 7) is 1.87.